The molecule has 0 saturated heterocycles. The molecule has 1 heterocycles. The highest BCUT2D eigenvalue weighted by Gasteiger charge is 2.50. The number of carbonyl (C=O) groups is 2. The van der Waals surface area contributed by atoms with Crippen LogP contribution in [0, 0.1) is 6.92 Å². The van der Waals surface area contributed by atoms with Crippen molar-refractivity contribution in [1.82, 2.24) is 0 Å². The molecule has 1 atom stereocenters. The van der Waals surface area contributed by atoms with Gasteiger partial charge in [-0.25, -0.2) is 0 Å². The first-order valence-corrected chi connectivity index (χ1v) is 8.84. The van der Waals surface area contributed by atoms with Crippen LogP contribution in [0.4, 0.5) is 5.69 Å². The highest BCUT2D eigenvalue weighted by Crippen LogP contribution is 2.45. The number of ketones is 1. The summed E-state index contributed by atoms with van der Waals surface area (Å²) in [4.78, 5) is 26.4. The fraction of sp³-hybridized carbons (Fsp3) is 0.273. The molecule has 0 aliphatic carbocycles. The zero-order valence-electron chi connectivity index (χ0n) is 15.6. The molecule has 0 bridgehead atoms. The molecular formula is C22H23NO4. The number of aryl methyl sites for hydroxylation is 1. The van der Waals surface area contributed by atoms with Crippen LogP contribution in [0.5, 0.6) is 5.75 Å². The lowest BCUT2D eigenvalue weighted by Crippen LogP contribution is -2.41. The highest BCUT2D eigenvalue weighted by molar-refractivity contribution is 6.09. The van der Waals surface area contributed by atoms with E-state index in [-0.39, 0.29) is 18.7 Å². The number of anilines is 1. The largest absolute Gasteiger partial charge is 0.489 e. The second-order valence-corrected chi connectivity index (χ2v) is 6.81. The molecule has 0 unspecified atom stereocenters. The van der Waals surface area contributed by atoms with E-state index < -0.39 is 11.5 Å². The van der Waals surface area contributed by atoms with Gasteiger partial charge in [-0.05, 0) is 25.5 Å². The van der Waals surface area contributed by atoms with Crippen molar-refractivity contribution < 1.29 is 19.4 Å². The summed E-state index contributed by atoms with van der Waals surface area (Å²) in [7, 11) is 0. The van der Waals surface area contributed by atoms with Crippen molar-refractivity contribution >= 4 is 17.4 Å². The summed E-state index contributed by atoms with van der Waals surface area (Å²) in [5.41, 5.74) is 0.986. The number of carbonyl (C=O) groups excluding carboxylic acids is 2. The Hall–Kier alpha value is -2.92. The maximum atomic E-state index is 13.2. The summed E-state index contributed by atoms with van der Waals surface area (Å²) in [6.07, 6.45) is 1.41. The van der Waals surface area contributed by atoms with Gasteiger partial charge in [0, 0.05) is 17.5 Å². The Morgan fingerprint density at radius 2 is 2.00 bits per heavy atom. The van der Waals surface area contributed by atoms with E-state index in [0.29, 0.717) is 23.6 Å². The number of nitrogens with zero attached hydrogens (tertiary/aromatic N) is 1. The summed E-state index contributed by atoms with van der Waals surface area (Å²) in [5.74, 6) is -0.0715. The molecule has 0 saturated carbocycles. The topological polar surface area (TPSA) is 66.8 Å². The molecule has 0 spiro atoms. The van der Waals surface area contributed by atoms with Crippen LogP contribution in [0.25, 0.3) is 0 Å². The Balaban J connectivity index is 2.04. The second kappa shape index (κ2) is 7.37. The van der Waals surface area contributed by atoms with Gasteiger partial charge in [0.25, 0.3) is 5.91 Å². The molecule has 1 amide bonds. The third-order valence-corrected chi connectivity index (χ3v) is 4.71. The van der Waals surface area contributed by atoms with Crippen LogP contribution < -0.4 is 9.64 Å². The molecule has 1 aliphatic heterocycles. The van der Waals surface area contributed by atoms with Gasteiger partial charge in [0.05, 0.1) is 12.2 Å². The number of para-hydroxylation sites is 2. The normalized spacial score (nSPS) is 18.3. The standard InChI is InChI=1S/C22H23NO4/c1-4-12-27-19-11-6-5-9-17(19)14-23-20-15(2)8-7-10-18(20)22(26,21(23)25)13-16(3)24/h4-11,26H,1,12-14H2,2-3H3/t22-/m1/s1. The summed E-state index contributed by atoms with van der Waals surface area (Å²) in [6.45, 7) is 7.51. The van der Waals surface area contributed by atoms with E-state index in [1.165, 1.54) is 6.92 Å². The summed E-state index contributed by atoms with van der Waals surface area (Å²) in [6, 6.07) is 12.8. The molecule has 27 heavy (non-hydrogen) atoms. The molecule has 0 aromatic heterocycles. The molecule has 5 heteroatoms. The van der Waals surface area contributed by atoms with Crippen molar-refractivity contribution in [3.05, 3.63) is 71.8 Å². The molecule has 1 N–H and O–H groups in total. The van der Waals surface area contributed by atoms with Gasteiger partial charge in [-0.15, -0.1) is 0 Å². The first-order chi connectivity index (χ1) is 12.9. The minimum Gasteiger partial charge on any atom is -0.489 e. The average Bonchev–Trinajstić information content (AvgIpc) is 2.83. The average molecular weight is 365 g/mol. The number of hydrogen-bond donors (Lipinski definition) is 1. The number of aliphatic hydroxyl groups is 1. The number of rotatable bonds is 7. The van der Waals surface area contributed by atoms with Crippen LogP contribution in [0.3, 0.4) is 0 Å². The van der Waals surface area contributed by atoms with E-state index in [1.807, 2.05) is 37.3 Å². The molecule has 2 aromatic carbocycles. The summed E-state index contributed by atoms with van der Waals surface area (Å²) < 4.78 is 5.69. The van der Waals surface area contributed by atoms with Crippen molar-refractivity contribution in [2.75, 3.05) is 11.5 Å². The number of hydrogen-bond acceptors (Lipinski definition) is 4. The lowest BCUT2D eigenvalue weighted by atomic mass is 9.89. The molecule has 0 fully saturated rings. The monoisotopic (exact) mass is 365 g/mol. The van der Waals surface area contributed by atoms with Crippen molar-refractivity contribution in [3.63, 3.8) is 0 Å². The molecule has 0 radical (unpaired) electrons. The van der Waals surface area contributed by atoms with Crippen molar-refractivity contribution in [1.29, 1.82) is 0 Å². The zero-order valence-corrected chi connectivity index (χ0v) is 15.6. The van der Waals surface area contributed by atoms with Crippen LogP contribution in [-0.2, 0) is 21.7 Å². The molecule has 140 valence electrons. The van der Waals surface area contributed by atoms with Crippen molar-refractivity contribution in [2.24, 2.45) is 0 Å². The third-order valence-electron chi connectivity index (χ3n) is 4.71. The van der Waals surface area contributed by atoms with E-state index in [9.17, 15) is 14.7 Å². The number of amides is 1. The van der Waals surface area contributed by atoms with Crippen molar-refractivity contribution in [2.45, 2.75) is 32.4 Å². The SMILES string of the molecule is C=CCOc1ccccc1CN1C(=O)[C@@](O)(CC(C)=O)c2cccc(C)c21. The summed E-state index contributed by atoms with van der Waals surface area (Å²) >= 11 is 0. The summed E-state index contributed by atoms with van der Waals surface area (Å²) in [5, 5.41) is 11.1. The smallest absolute Gasteiger partial charge is 0.264 e. The zero-order chi connectivity index (χ0) is 19.6. The van der Waals surface area contributed by atoms with Crippen LogP contribution in [0.1, 0.15) is 30.0 Å². The van der Waals surface area contributed by atoms with Crippen molar-refractivity contribution in [3.8, 4) is 5.75 Å². The Labute approximate surface area is 158 Å². The lowest BCUT2D eigenvalue weighted by molar-refractivity contribution is -0.141. The van der Waals surface area contributed by atoms with E-state index in [0.717, 1.165) is 11.1 Å². The first kappa shape index (κ1) is 18.9. The van der Waals surface area contributed by atoms with Gasteiger partial charge in [0.2, 0.25) is 0 Å². The fourth-order valence-electron chi connectivity index (χ4n) is 3.57. The van der Waals surface area contributed by atoms with Crippen LogP contribution >= 0.6 is 0 Å². The Kier molecular flexibility index (Phi) is 5.15. The van der Waals surface area contributed by atoms with Gasteiger partial charge in [-0.2, -0.15) is 0 Å². The predicted molar refractivity (Wildman–Crippen MR) is 104 cm³/mol. The highest BCUT2D eigenvalue weighted by atomic mass is 16.5. The van der Waals surface area contributed by atoms with Gasteiger partial charge in [0.15, 0.2) is 5.60 Å². The Bertz CT molecular complexity index is 905. The molecule has 3 rings (SSSR count). The van der Waals surface area contributed by atoms with Gasteiger partial charge in [-0.3, -0.25) is 9.59 Å². The number of Topliss-reactive ketones (excluding diaryl/α,β-unsaturated/α-hetero) is 1. The molecule has 5 nitrogen and oxygen atoms in total. The van der Waals surface area contributed by atoms with Crippen LogP contribution in [0.2, 0.25) is 0 Å². The van der Waals surface area contributed by atoms with Gasteiger partial charge >= 0.3 is 0 Å². The maximum Gasteiger partial charge on any atom is 0.264 e. The molecule has 1 aliphatic rings. The molecule has 2 aromatic rings. The van der Waals surface area contributed by atoms with E-state index in [4.69, 9.17) is 4.74 Å². The lowest BCUT2D eigenvalue weighted by Gasteiger charge is -2.23. The minimum absolute atomic E-state index is 0.240. The number of benzene rings is 2. The van der Waals surface area contributed by atoms with Gasteiger partial charge < -0.3 is 14.7 Å². The molecular weight excluding hydrogens is 342 g/mol. The number of ether oxygens (including phenoxy) is 1. The Morgan fingerprint density at radius 3 is 2.70 bits per heavy atom. The van der Waals surface area contributed by atoms with Gasteiger partial charge in [-0.1, -0.05) is 49.1 Å². The van der Waals surface area contributed by atoms with E-state index >= 15 is 0 Å². The van der Waals surface area contributed by atoms with E-state index in [1.54, 1.807) is 23.1 Å². The Morgan fingerprint density at radius 1 is 1.26 bits per heavy atom. The predicted octanol–water partition coefficient (Wildman–Crippen LogP) is 3.27. The third kappa shape index (κ3) is 3.38. The quantitative estimate of drug-likeness (QED) is 0.765. The number of fused-ring (bicyclic) bond motifs is 1. The first-order valence-electron chi connectivity index (χ1n) is 8.84. The fourth-order valence-corrected chi connectivity index (χ4v) is 3.57. The second-order valence-electron chi connectivity index (χ2n) is 6.81. The van der Waals surface area contributed by atoms with Gasteiger partial charge in [0.1, 0.15) is 18.1 Å². The minimum atomic E-state index is -1.83. The maximum absolute atomic E-state index is 13.2. The van der Waals surface area contributed by atoms with Crippen LogP contribution in [-0.4, -0.2) is 23.4 Å². The van der Waals surface area contributed by atoms with Crippen LogP contribution in [0.15, 0.2) is 55.1 Å². The van der Waals surface area contributed by atoms with E-state index in [2.05, 4.69) is 6.58 Å².